The highest BCUT2D eigenvalue weighted by Crippen LogP contribution is 2.18. The maximum absolute atomic E-state index is 11.0. The molecule has 1 fully saturated rings. The number of hydrogen-bond donors (Lipinski definition) is 0. The molecule has 0 spiro atoms. The number of rotatable bonds is 3. The van der Waals surface area contributed by atoms with E-state index in [1.807, 2.05) is 6.07 Å². The van der Waals surface area contributed by atoms with Gasteiger partial charge >= 0.3 is 0 Å². The van der Waals surface area contributed by atoms with Crippen LogP contribution in [0.3, 0.4) is 0 Å². The van der Waals surface area contributed by atoms with E-state index in [4.69, 9.17) is 5.26 Å². The van der Waals surface area contributed by atoms with Crippen LogP contribution in [0.1, 0.15) is 12.8 Å². The Bertz CT molecular complexity index is 230. The van der Waals surface area contributed by atoms with Crippen molar-refractivity contribution in [1.29, 1.82) is 5.26 Å². The molecule has 12 heavy (non-hydrogen) atoms. The van der Waals surface area contributed by atoms with Crippen molar-refractivity contribution in [3.8, 4) is 6.07 Å². The van der Waals surface area contributed by atoms with Gasteiger partial charge in [0.05, 0.1) is 11.8 Å². The average molecular weight is 184 g/mol. The molecule has 4 nitrogen and oxygen atoms in total. The van der Waals surface area contributed by atoms with Crippen molar-refractivity contribution in [2.45, 2.75) is 12.8 Å². The van der Waals surface area contributed by atoms with Crippen molar-refractivity contribution in [3.63, 3.8) is 0 Å². The van der Waals surface area contributed by atoms with Gasteiger partial charge in [-0.2, -0.15) is 5.26 Å². The fourth-order valence-electron chi connectivity index (χ4n) is 0.913. The first-order valence-electron chi connectivity index (χ1n) is 3.60. The molecule has 0 saturated carbocycles. The van der Waals surface area contributed by atoms with Gasteiger partial charge in [0.2, 0.25) is 5.91 Å². The number of thioether (sulfide) groups is 1. The summed E-state index contributed by atoms with van der Waals surface area (Å²) < 4.78 is 0. The maximum atomic E-state index is 11.0. The van der Waals surface area contributed by atoms with Crippen molar-refractivity contribution >= 4 is 22.9 Å². The fraction of sp³-hybridized carbons (Fsp3) is 0.571. The zero-order valence-corrected chi connectivity index (χ0v) is 7.26. The van der Waals surface area contributed by atoms with E-state index >= 15 is 0 Å². The minimum atomic E-state index is -0.182. The highest BCUT2D eigenvalue weighted by molar-refractivity contribution is 8.14. The third-order valence-electron chi connectivity index (χ3n) is 1.51. The van der Waals surface area contributed by atoms with E-state index in [0.717, 1.165) is 11.8 Å². The van der Waals surface area contributed by atoms with Gasteiger partial charge in [-0.3, -0.25) is 14.5 Å². The van der Waals surface area contributed by atoms with Gasteiger partial charge in [-0.1, -0.05) is 11.8 Å². The Hall–Kier alpha value is -1.02. The lowest BCUT2D eigenvalue weighted by Gasteiger charge is -2.10. The van der Waals surface area contributed by atoms with Crippen LogP contribution in [0.2, 0.25) is 0 Å². The average Bonchev–Trinajstić information content (AvgIpc) is 2.35. The third-order valence-corrected chi connectivity index (χ3v) is 2.37. The quantitative estimate of drug-likeness (QED) is 0.613. The predicted molar refractivity (Wildman–Crippen MR) is 44.4 cm³/mol. The van der Waals surface area contributed by atoms with Crippen LogP contribution in [-0.4, -0.2) is 28.3 Å². The Morgan fingerprint density at radius 1 is 1.58 bits per heavy atom. The van der Waals surface area contributed by atoms with Gasteiger partial charge in [0.15, 0.2) is 0 Å². The third kappa shape index (κ3) is 1.98. The summed E-state index contributed by atoms with van der Waals surface area (Å²) in [6.07, 6.45) is 0.969. The Morgan fingerprint density at radius 3 is 2.83 bits per heavy atom. The van der Waals surface area contributed by atoms with Crippen LogP contribution in [-0.2, 0) is 4.79 Å². The topological polar surface area (TPSA) is 61.2 Å². The molecular weight excluding hydrogens is 176 g/mol. The Balaban J connectivity index is 2.36. The molecule has 5 heteroatoms. The van der Waals surface area contributed by atoms with Gasteiger partial charge in [-0.25, -0.2) is 0 Å². The summed E-state index contributed by atoms with van der Waals surface area (Å²) in [6, 6.07) is 1.97. The van der Waals surface area contributed by atoms with Crippen LogP contribution in [0, 0.1) is 11.3 Å². The molecule has 1 saturated heterocycles. The van der Waals surface area contributed by atoms with Crippen molar-refractivity contribution in [2.75, 3.05) is 12.3 Å². The molecule has 0 aromatic heterocycles. The van der Waals surface area contributed by atoms with E-state index < -0.39 is 0 Å². The molecule has 1 rings (SSSR count). The van der Waals surface area contributed by atoms with E-state index in [2.05, 4.69) is 0 Å². The minimum Gasteiger partial charge on any atom is -0.273 e. The number of imide groups is 1. The highest BCUT2D eigenvalue weighted by Gasteiger charge is 2.28. The Labute approximate surface area is 74.5 Å². The van der Waals surface area contributed by atoms with E-state index in [1.165, 1.54) is 4.90 Å². The van der Waals surface area contributed by atoms with Crippen LogP contribution in [0.5, 0.6) is 0 Å². The molecule has 64 valence electrons. The lowest BCUT2D eigenvalue weighted by atomic mass is 10.3. The Morgan fingerprint density at radius 2 is 2.33 bits per heavy atom. The van der Waals surface area contributed by atoms with Gasteiger partial charge in [0.1, 0.15) is 0 Å². The van der Waals surface area contributed by atoms with Gasteiger partial charge in [-0.15, -0.1) is 0 Å². The first kappa shape index (κ1) is 9.07. The lowest BCUT2D eigenvalue weighted by Crippen LogP contribution is -2.29. The van der Waals surface area contributed by atoms with Crippen LogP contribution in [0.25, 0.3) is 0 Å². The van der Waals surface area contributed by atoms with E-state index in [-0.39, 0.29) is 16.9 Å². The second-order valence-electron chi connectivity index (χ2n) is 2.36. The summed E-state index contributed by atoms with van der Waals surface area (Å²) in [5, 5.41) is 8.05. The number of nitrogens with zero attached hydrogens (tertiary/aromatic N) is 2. The maximum Gasteiger partial charge on any atom is 0.288 e. The molecule has 0 aromatic rings. The molecule has 0 unspecified atom stereocenters. The van der Waals surface area contributed by atoms with Crippen LogP contribution >= 0.6 is 11.8 Å². The Kier molecular flexibility index (Phi) is 3.11. The number of nitriles is 1. The first-order chi connectivity index (χ1) is 5.75. The molecule has 1 aliphatic heterocycles. The summed E-state index contributed by atoms with van der Waals surface area (Å²) in [7, 11) is 0. The number of unbranched alkanes of at least 4 members (excludes halogenated alkanes) is 1. The fourth-order valence-corrected chi connectivity index (χ4v) is 1.67. The normalized spacial score (nSPS) is 16.8. The van der Waals surface area contributed by atoms with Crippen molar-refractivity contribution in [1.82, 2.24) is 4.90 Å². The van der Waals surface area contributed by atoms with Crippen molar-refractivity contribution in [2.24, 2.45) is 0 Å². The molecule has 2 amide bonds. The van der Waals surface area contributed by atoms with Crippen molar-refractivity contribution < 1.29 is 9.59 Å². The molecule has 0 aromatic carbocycles. The lowest BCUT2D eigenvalue weighted by molar-refractivity contribution is -0.124. The van der Waals surface area contributed by atoms with Crippen molar-refractivity contribution in [3.05, 3.63) is 0 Å². The minimum absolute atomic E-state index is 0.136. The zero-order chi connectivity index (χ0) is 8.97. The molecule has 1 aliphatic rings. The van der Waals surface area contributed by atoms with E-state index in [0.29, 0.717) is 19.4 Å². The summed E-state index contributed by atoms with van der Waals surface area (Å²) in [5.74, 6) is 0.119. The van der Waals surface area contributed by atoms with E-state index in [9.17, 15) is 9.59 Å². The monoisotopic (exact) mass is 184 g/mol. The first-order valence-corrected chi connectivity index (χ1v) is 4.58. The van der Waals surface area contributed by atoms with Gasteiger partial charge in [-0.05, 0) is 6.42 Å². The van der Waals surface area contributed by atoms with Gasteiger partial charge in [0, 0.05) is 13.0 Å². The second kappa shape index (κ2) is 4.12. The largest absolute Gasteiger partial charge is 0.288 e. The highest BCUT2D eigenvalue weighted by atomic mass is 32.2. The molecule has 0 atom stereocenters. The number of carbonyl (C=O) groups excluding carboxylic acids is 2. The zero-order valence-electron chi connectivity index (χ0n) is 6.45. The summed E-state index contributed by atoms with van der Waals surface area (Å²) in [6.45, 7) is 0.387. The number of carbonyl (C=O) groups is 2. The van der Waals surface area contributed by atoms with Crippen LogP contribution < -0.4 is 0 Å². The molecule has 0 aliphatic carbocycles. The molecule has 0 radical (unpaired) electrons. The predicted octanol–water partition coefficient (Wildman–Crippen LogP) is 0.986. The molecular formula is C7H8N2O2S. The summed E-state index contributed by atoms with van der Waals surface area (Å²) >= 11 is 1.03. The second-order valence-corrected chi connectivity index (χ2v) is 3.29. The van der Waals surface area contributed by atoms with Gasteiger partial charge in [0.25, 0.3) is 5.24 Å². The van der Waals surface area contributed by atoms with Crippen LogP contribution in [0.15, 0.2) is 0 Å². The standard InChI is InChI=1S/C7H8N2O2S/c8-3-1-2-4-9-6(10)5-12-7(9)11/h1-2,4-5H2. The summed E-state index contributed by atoms with van der Waals surface area (Å²) in [5.41, 5.74) is 0. The molecule has 1 heterocycles. The van der Waals surface area contributed by atoms with Gasteiger partial charge < -0.3 is 0 Å². The number of hydrogen-bond acceptors (Lipinski definition) is 4. The number of amides is 2. The van der Waals surface area contributed by atoms with E-state index in [1.54, 1.807) is 0 Å². The van der Waals surface area contributed by atoms with Crippen LogP contribution in [0.4, 0.5) is 4.79 Å². The summed E-state index contributed by atoms with van der Waals surface area (Å²) in [4.78, 5) is 23.2. The molecule has 0 N–H and O–H groups in total. The SMILES string of the molecule is N#CCCCN1C(=O)CSC1=O. The molecule has 0 bridgehead atoms. The smallest absolute Gasteiger partial charge is 0.273 e.